The lowest BCUT2D eigenvalue weighted by Crippen LogP contribution is -2.59. The first-order chi connectivity index (χ1) is 21.5. The van der Waals surface area contributed by atoms with Crippen molar-refractivity contribution in [1.29, 1.82) is 0 Å². The molecule has 0 unspecified atom stereocenters. The summed E-state index contributed by atoms with van der Waals surface area (Å²) in [7, 11) is 0. The predicted molar refractivity (Wildman–Crippen MR) is 164 cm³/mol. The van der Waals surface area contributed by atoms with E-state index in [1.54, 1.807) is 13.8 Å². The van der Waals surface area contributed by atoms with Gasteiger partial charge in [-0.05, 0) is 55.8 Å². The maximum absolute atomic E-state index is 13.6. The summed E-state index contributed by atoms with van der Waals surface area (Å²) < 4.78 is 0. The van der Waals surface area contributed by atoms with Gasteiger partial charge in [-0.25, -0.2) is 4.79 Å². The SMILES string of the molecule is CC(C)[C@H](NC(=O)[C@H](CCCCN)NC(=O)[C@H](Cc1ccc(O)cc1)NC(=O)[C@H](CCC(=O)O)NC(=O)[C@@H](N)CC(N)=O)C(=O)O. The van der Waals surface area contributed by atoms with Gasteiger partial charge in [0.1, 0.15) is 29.9 Å². The Morgan fingerprint density at radius 3 is 1.80 bits per heavy atom. The maximum Gasteiger partial charge on any atom is 0.326 e. The zero-order valence-corrected chi connectivity index (χ0v) is 25.9. The van der Waals surface area contributed by atoms with E-state index in [0.29, 0.717) is 24.9 Å². The van der Waals surface area contributed by atoms with E-state index in [0.717, 1.165) is 0 Å². The van der Waals surface area contributed by atoms with Crippen LogP contribution in [0.5, 0.6) is 5.75 Å². The molecule has 0 spiro atoms. The highest BCUT2D eigenvalue weighted by atomic mass is 16.4. The van der Waals surface area contributed by atoms with Crippen molar-refractivity contribution in [3.8, 4) is 5.75 Å². The van der Waals surface area contributed by atoms with Crippen molar-refractivity contribution in [2.24, 2.45) is 23.1 Å². The molecule has 0 saturated heterocycles. The number of aliphatic carboxylic acids is 2. The van der Waals surface area contributed by atoms with Crippen molar-refractivity contribution < 1.29 is 48.9 Å². The van der Waals surface area contributed by atoms with E-state index >= 15 is 0 Å². The lowest BCUT2D eigenvalue weighted by molar-refractivity contribution is -0.143. The highest BCUT2D eigenvalue weighted by molar-refractivity contribution is 5.96. The molecule has 0 saturated carbocycles. The number of carboxylic acids is 2. The molecule has 5 atom stereocenters. The Bertz CT molecular complexity index is 1230. The minimum absolute atomic E-state index is 0.0627. The molecule has 0 aliphatic rings. The summed E-state index contributed by atoms with van der Waals surface area (Å²) in [6.45, 7) is 3.51. The first kappa shape index (κ1) is 39.3. The number of nitrogens with two attached hydrogens (primary N) is 3. The van der Waals surface area contributed by atoms with Gasteiger partial charge in [0.05, 0.1) is 12.5 Å². The van der Waals surface area contributed by atoms with Crippen molar-refractivity contribution in [3.63, 3.8) is 0 Å². The van der Waals surface area contributed by atoms with Gasteiger partial charge in [0.15, 0.2) is 0 Å². The Balaban J connectivity index is 3.35. The van der Waals surface area contributed by atoms with E-state index in [1.165, 1.54) is 24.3 Å². The van der Waals surface area contributed by atoms with Gasteiger partial charge in [-0.2, -0.15) is 0 Å². The fourth-order valence-corrected chi connectivity index (χ4v) is 4.28. The molecule has 46 heavy (non-hydrogen) atoms. The number of unbranched alkanes of at least 4 members (excludes halogenated alkanes) is 1. The summed E-state index contributed by atoms with van der Waals surface area (Å²) >= 11 is 0. The van der Waals surface area contributed by atoms with Gasteiger partial charge in [0.25, 0.3) is 0 Å². The summed E-state index contributed by atoms with van der Waals surface area (Å²) in [4.78, 5) is 86.9. The van der Waals surface area contributed by atoms with Crippen LogP contribution in [0.1, 0.15) is 57.9 Å². The second kappa shape index (κ2) is 19.6. The molecule has 0 aliphatic heterocycles. The molecule has 17 nitrogen and oxygen atoms in total. The minimum atomic E-state index is -1.50. The average Bonchev–Trinajstić information content (AvgIpc) is 2.97. The van der Waals surface area contributed by atoms with Crippen molar-refractivity contribution in [1.82, 2.24) is 21.3 Å². The molecule has 1 aromatic rings. The summed E-state index contributed by atoms with van der Waals surface area (Å²) in [5, 5.41) is 38.1. The molecule has 0 fully saturated rings. The first-order valence-electron chi connectivity index (χ1n) is 14.7. The van der Waals surface area contributed by atoms with E-state index in [-0.39, 0.29) is 18.6 Å². The topological polar surface area (TPSA) is 306 Å². The molecule has 0 heterocycles. The van der Waals surface area contributed by atoms with Crippen LogP contribution in [0.15, 0.2) is 24.3 Å². The van der Waals surface area contributed by atoms with Gasteiger partial charge in [-0.15, -0.1) is 0 Å². The third-order valence-corrected chi connectivity index (χ3v) is 6.86. The normalized spacial score (nSPS) is 14.2. The number of phenols is 1. The number of carboxylic acid groups (broad SMARTS) is 2. The maximum atomic E-state index is 13.6. The molecule has 5 amide bonds. The second-order valence-corrected chi connectivity index (χ2v) is 11.1. The molecular formula is C29H45N7O10. The largest absolute Gasteiger partial charge is 0.508 e. The zero-order chi connectivity index (χ0) is 35.0. The zero-order valence-electron chi connectivity index (χ0n) is 25.9. The van der Waals surface area contributed by atoms with Gasteiger partial charge in [0.2, 0.25) is 29.5 Å². The predicted octanol–water partition coefficient (Wildman–Crippen LogP) is -2.19. The van der Waals surface area contributed by atoms with Crippen LogP contribution in [0.4, 0.5) is 0 Å². The first-order valence-corrected chi connectivity index (χ1v) is 14.7. The van der Waals surface area contributed by atoms with E-state index in [2.05, 4.69) is 21.3 Å². The molecule has 13 N–H and O–H groups in total. The number of carbonyl (C=O) groups is 7. The lowest BCUT2D eigenvalue weighted by Gasteiger charge is -2.27. The summed E-state index contributed by atoms with van der Waals surface area (Å²) in [6.07, 6.45) is -0.672. The van der Waals surface area contributed by atoms with Crippen LogP contribution >= 0.6 is 0 Å². The number of aromatic hydroxyl groups is 1. The van der Waals surface area contributed by atoms with Crippen LogP contribution in [-0.4, -0.2) is 93.5 Å². The quantitative estimate of drug-likeness (QED) is 0.0634. The van der Waals surface area contributed by atoms with Gasteiger partial charge in [0, 0.05) is 12.8 Å². The van der Waals surface area contributed by atoms with E-state index in [4.69, 9.17) is 22.3 Å². The van der Waals surface area contributed by atoms with E-state index < -0.39 is 96.9 Å². The van der Waals surface area contributed by atoms with E-state index in [1.807, 2.05) is 0 Å². The van der Waals surface area contributed by atoms with Gasteiger partial charge in [-0.1, -0.05) is 26.0 Å². The monoisotopic (exact) mass is 651 g/mol. The fraction of sp³-hybridized carbons (Fsp3) is 0.552. The summed E-state index contributed by atoms with van der Waals surface area (Å²) in [5.41, 5.74) is 16.8. The molecule has 0 aromatic heterocycles. The van der Waals surface area contributed by atoms with Crippen LogP contribution in [0.3, 0.4) is 0 Å². The van der Waals surface area contributed by atoms with Gasteiger partial charge < -0.3 is 53.8 Å². The van der Waals surface area contributed by atoms with Crippen molar-refractivity contribution >= 4 is 41.5 Å². The number of carbonyl (C=O) groups excluding carboxylic acids is 5. The number of hydrogen-bond acceptors (Lipinski definition) is 10. The number of amides is 5. The highest BCUT2D eigenvalue weighted by Crippen LogP contribution is 2.13. The Hall–Kier alpha value is -4.77. The van der Waals surface area contributed by atoms with Gasteiger partial charge in [-0.3, -0.25) is 28.8 Å². The van der Waals surface area contributed by atoms with Crippen LogP contribution in [0.25, 0.3) is 0 Å². The molecule has 17 heteroatoms. The average molecular weight is 652 g/mol. The summed E-state index contributed by atoms with van der Waals surface area (Å²) in [5.74, 6) is -7.50. The number of hydrogen-bond donors (Lipinski definition) is 10. The number of nitrogens with one attached hydrogen (secondary N) is 4. The van der Waals surface area contributed by atoms with Crippen LogP contribution in [0, 0.1) is 5.92 Å². The Kier molecular flexibility index (Phi) is 16.7. The Labute approximate surface area is 266 Å². The molecule has 1 aromatic carbocycles. The van der Waals surface area contributed by atoms with Crippen molar-refractivity contribution in [2.75, 3.05) is 6.54 Å². The number of benzene rings is 1. The second-order valence-electron chi connectivity index (χ2n) is 11.1. The minimum Gasteiger partial charge on any atom is -0.508 e. The van der Waals surface area contributed by atoms with Crippen LogP contribution in [-0.2, 0) is 40.0 Å². The van der Waals surface area contributed by atoms with Crippen molar-refractivity contribution in [3.05, 3.63) is 29.8 Å². The third-order valence-electron chi connectivity index (χ3n) is 6.86. The molecule has 0 radical (unpaired) electrons. The number of primary amides is 1. The van der Waals surface area contributed by atoms with Crippen molar-refractivity contribution in [2.45, 2.75) is 89.0 Å². The third kappa shape index (κ3) is 14.3. The molecule has 0 aliphatic carbocycles. The number of rotatable bonds is 21. The van der Waals surface area contributed by atoms with Gasteiger partial charge >= 0.3 is 11.9 Å². The molecule has 1 rings (SSSR count). The van der Waals surface area contributed by atoms with Crippen LogP contribution < -0.4 is 38.5 Å². The summed E-state index contributed by atoms with van der Waals surface area (Å²) in [6, 6.07) is -1.11. The highest BCUT2D eigenvalue weighted by Gasteiger charge is 2.33. The van der Waals surface area contributed by atoms with Crippen LogP contribution in [0.2, 0.25) is 0 Å². The Morgan fingerprint density at radius 1 is 0.761 bits per heavy atom. The Morgan fingerprint density at radius 2 is 1.28 bits per heavy atom. The fourth-order valence-electron chi connectivity index (χ4n) is 4.28. The molecule has 0 bridgehead atoms. The standard InChI is InChI=1S/C29H45N7O10/c1-15(2)24(29(45)46)36-27(43)19(5-3-4-12-30)34-28(44)21(13-16-6-8-17(37)9-7-16)35-26(42)20(10-11-23(39)40)33-25(41)18(31)14-22(32)38/h6-9,15,18-21,24,37H,3-5,10-14,30-31H2,1-2H3,(H2,32,38)(H,33,41)(H,34,44)(H,35,42)(H,36,43)(H,39,40)(H,45,46)/t18-,19-,20-,21-,24-/m0/s1. The molecule has 256 valence electrons. The number of phenolic OH excluding ortho intramolecular Hbond substituents is 1. The smallest absolute Gasteiger partial charge is 0.326 e. The lowest BCUT2D eigenvalue weighted by atomic mass is 10.0. The van der Waals surface area contributed by atoms with E-state index in [9.17, 15) is 43.8 Å². The molecular weight excluding hydrogens is 606 g/mol.